The van der Waals surface area contributed by atoms with Crippen LogP contribution < -0.4 is 4.74 Å². The largest absolute Gasteiger partial charge is 0.457 e. The second kappa shape index (κ2) is 7.57. The van der Waals surface area contributed by atoms with Gasteiger partial charge in [0.05, 0.1) is 0 Å². The molecule has 0 aliphatic rings. The summed E-state index contributed by atoms with van der Waals surface area (Å²) < 4.78 is 6.29. The molecule has 2 heteroatoms. The van der Waals surface area contributed by atoms with Gasteiger partial charge in [-0.3, -0.25) is 4.79 Å². The lowest BCUT2D eigenvalue weighted by Crippen LogP contribution is -2.02. The Morgan fingerprint density at radius 1 is 0.808 bits per heavy atom. The molecular formula is C24H24O2. The summed E-state index contributed by atoms with van der Waals surface area (Å²) in [7, 11) is 0. The standard InChI is InChI=1S/C24H24O2/c1-16-9-11-18(3)23(13-16)26-24-14-17(2)10-12-21(24)15-20-7-5-6-8-22(20)19(4)25/h5-14H,15H2,1-4H3. The summed E-state index contributed by atoms with van der Waals surface area (Å²) in [5.74, 6) is 1.80. The maximum atomic E-state index is 11.9. The predicted octanol–water partition coefficient (Wildman–Crippen LogP) is 6.20. The minimum absolute atomic E-state index is 0.0877. The quantitative estimate of drug-likeness (QED) is 0.515. The van der Waals surface area contributed by atoms with E-state index in [1.165, 1.54) is 5.56 Å². The molecule has 0 spiro atoms. The molecule has 0 heterocycles. The van der Waals surface area contributed by atoms with Crippen LogP contribution in [0.1, 0.15) is 45.1 Å². The molecule has 132 valence electrons. The summed E-state index contributed by atoms with van der Waals surface area (Å²) in [6.07, 6.45) is 0.663. The van der Waals surface area contributed by atoms with Gasteiger partial charge < -0.3 is 4.74 Å². The van der Waals surface area contributed by atoms with Gasteiger partial charge in [0.2, 0.25) is 0 Å². The first-order chi connectivity index (χ1) is 12.4. The van der Waals surface area contributed by atoms with Crippen LogP contribution in [-0.4, -0.2) is 5.78 Å². The summed E-state index contributed by atoms with van der Waals surface area (Å²) in [6, 6.07) is 20.2. The molecule has 3 aromatic rings. The monoisotopic (exact) mass is 344 g/mol. The van der Waals surface area contributed by atoms with Crippen LogP contribution in [-0.2, 0) is 6.42 Å². The van der Waals surface area contributed by atoms with Crippen LogP contribution in [0.25, 0.3) is 0 Å². The highest BCUT2D eigenvalue weighted by Crippen LogP contribution is 2.31. The number of hydrogen-bond donors (Lipinski definition) is 0. The minimum Gasteiger partial charge on any atom is -0.457 e. The highest BCUT2D eigenvalue weighted by atomic mass is 16.5. The van der Waals surface area contributed by atoms with Crippen molar-refractivity contribution in [2.75, 3.05) is 0 Å². The molecule has 0 saturated carbocycles. The zero-order valence-electron chi connectivity index (χ0n) is 15.8. The maximum absolute atomic E-state index is 11.9. The molecular weight excluding hydrogens is 320 g/mol. The van der Waals surface area contributed by atoms with E-state index in [-0.39, 0.29) is 5.78 Å². The number of rotatable bonds is 5. The first-order valence-corrected chi connectivity index (χ1v) is 8.87. The lowest BCUT2D eigenvalue weighted by molar-refractivity contribution is 0.101. The number of benzene rings is 3. The van der Waals surface area contributed by atoms with Gasteiger partial charge >= 0.3 is 0 Å². The van der Waals surface area contributed by atoms with E-state index in [1.54, 1.807) is 6.92 Å². The first-order valence-electron chi connectivity index (χ1n) is 8.87. The highest BCUT2D eigenvalue weighted by Gasteiger charge is 2.12. The van der Waals surface area contributed by atoms with Gasteiger partial charge in [-0.05, 0) is 67.6 Å². The van der Waals surface area contributed by atoms with Gasteiger partial charge in [-0.15, -0.1) is 0 Å². The maximum Gasteiger partial charge on any atom is 0.160 e. The summed E-state index contributed by atoms with van der Waals surface area (Å²) in [5.41, 5.74) is 6.29. The molecule has 26 heavy (non-hydrogen) atoms. The van der Waals surface area contributed by atoms with Crippen LogP contribution in [0.5, 0.6) is 11.5 Å². The van der Waals surface area contributed by atoms with Crippen molar-refractivity contribution >= 4 is 5.78 Å². The molecule has 3 aromatic carbocycles. The Morgan fingerprint density at radius 2 is 1.46 bits per heavy atom. The molecule has 0 radical (unpaired) electrons. The number of Topliss-reactive ketones (excluding diaryl/α,β-unsaturated/α-hetero) is 1. The van der Waals surface area contributed by atoms with Gasteiger partial charge in [0, 0.05) is 12.0 Å². The number of ketones is 1. The average Bonchev–Trinajstić information content (AvgIpc) is 2.61. The number of carbonyl (C=O) groups is 1. The van der Waals surface area contributed by atoms with E-state index in [4.69, 9.17) is 4.74 Å². The van der Waals surface area contributed by atoms with Crippen LogP contribution in [0.4, 0.5) is 0 Å². The lowest BCUT2D eigenvalue weighted by Gasteiger charge is -2.15. The fourth-order valence-electron chi connectivity index (χ4n) is 3.06. The van der Waals surface area contributed by atoms with Crippen molar-refractivity contribution in [1.29, 1.82) is 0 Å². The number of carbonyl (C=O) groups excluding carboxylic acids is 1. The molecule has 0 saturated heterocycles. The van der Waals surface area contributed by atoms with Gasteiger partial charge in [0.25, 0.3) is 0 Å². The number of ether oxygens (including phenoxy) is 1. The molecule has 0 aliphatic carbocycles. The van der Waals surface area contributed by atoms with Crippen molar-refractivity contribution in [3.63, 3.8) is 0 Å². The molecule has 0 aromatic heterocycles. The van der Waals surface area contributed by atoms with Crippen LogP contribution in [0.3, 0.4) is 0 Å². The van der Waals surface area contributed by atoms with E-state index in [1.807, 2.05) is 24.3 Å². The van der Waals surface area contributed by atoms with Gasteiger partial charge in [-0.2, -0.15) is 0 Å². The van der Waals surface area contributed by atoms with Crippen LogP contribution >= 0.6 is 0 Å². The van der Waals surface area contributed by atoms with Crippen molar-refractivity contribution < 1.29 is 9.53 Å². The average molecular weight is 344 g/mol. The van der Waals surface area contributed by atoms with Crippen LogP contribution in [0.15, 0.2) is 60.7 Å². The Labute approximate surface area is 155 Å². The summed E-state index contributed by atoms with van der Waals surface area (Å²) >= 11 is 0. The fraction of sp³-hybridized carbons (Fsp3) is 0.208. The van der Waals surface area contributed by atoms with Crippen molar-refractivity contribution in [3.8, 4) is 11.5 Å². The van der Waals surface area contributed by atoms with Crippen molar-refractivity contribution in [3.05, 3.63) is 94.0 Å². The molecule has 0 aliphatic heterocycles. The SMILES string of the molecule is CC(=O)c1ccccc1Cc1ccc(C)cc1Oc1cc(C)ccc1C. The Morgan fingerprint density at radius 3 is 2.19 bits per heavy atom. The van der Waals surface area contributed by atoms with Crippen LogP contribution in [0, 0.1) is 20.8 Å². The molecule has 3 rings (SSSR count). The normalized spacial score (nSPS) is 10.6. The Bertz CT molecular complexity index is 954. The third-order valence-electron chi connectivity index (χ3n) is 4.56. The third-order valence-corrected chi connectivity index (χ3v) is 4.56. The molecule has 0 amide bonds. The molecule has 0 atom stereocenters. The highest BCUT2D eigenvalue weighted by molar-refractivity contribution is 5.95. The first kappa shape index (κ1) is 17.9. The van der Waals surface area contributed by atoms with Gasteiger partial charge in [0.1, 0.15) is 11.5 Å². The number of hydrogen-bond acceptors (Lipinski definition) is 2. The number of aryl methyl sites for hydroxylation is 3. The molecule has 0 fully saturated rings. The second-order valence-corrected chi connectivity index (χ2v) is 6.87. The van der Waals surface area contributed by atoms with Crippen molar-refractivity contribution in [2.45, 2.75) is 34.1 Å². The minimum atomic E-state index is 0.0877. The van der Waals surface area contributed by atoms with E-state index >= 15 is 0 Å². The Balaban J connectivity index is 1.99. The van der Waals surface area contributed by atoms with Gasteiger partial charge in [-0.25, -0.2) is 0 Å². The van der Waals surface area contributed by atoms with E-state index < -0.39 is 0 Å². The van der Waals surface area contributed by atoms with Crippen LogP contribution in [0.2, 0.25) is 0 Å². The lowest BCUT2D eigenvalue weighted by atomic mass is 9.96. The van der Waals surface area contributed by atoms with Gasteiger partial charge in [0.15, 0.2) is 5.78 Å². The second-order valence-electron chi connectivity index (χ2n) is 6.87. The van der Waals surface area contributed by atoms with Crippen molar-refractivity contribution in [2.24, 2.45) is 0 Å². The fourth-order valence-corrected chi connectivity index (χ4v) is 3.06. The summed E-state index contributed by atoms with van der Waals surface area (Å²) in [5, 5.41) is 0. The van der Waals surface area contributed by atoms with Gasteiger partial charge in [-0.1, -0.05) is 48.5 Å². The topological polar surface area (TPSA) is 26.3 Å². The summed E-state index contributed by atoms with van der Waals surface area (Å²) in [6.45, 7) is 7.78. The summed E-state index contributed by atoms with van der Waals surface area (Å²) in [4.78, 5) is 11.9. The third kappa shape index (κ3) is 4.02. The molecule has 0 N–H and O–H groups in total. The van der Waals surface area contributed by atoms with E-state index in [0.29, 0.717) is 6.42 Å². The molecule has 0 unspecified atom stereocenters. The van der Waals surface area contributed by atoms with Crippen molar-refractivity contribution in [1.82, 2.24) is 0 Å². The molecule has 0 bridgehead atoms. The Kier molecular flexibility index (Phi) is 5.22. The predicted molar refractivity (Wildman–Crippen MR) is 106 cm³/mol. The smallest absolute Gasteiger partial charge is 0.160 e. The zero-order chi connectivity index (χ0) is 18.7. The van der Waals surface area contributed by atoms with E-state index in [0.717, 1.165) is 39.3 Å². The Hall–Kier alpha value is -2.87. The molecule has 2 nitrogen and oxygen atoms in total. The zero-order valence-corrected chi connectivity index (χ0v) is 15.8. The van der Waals surface area contributed by atoms with E-state index in [2.05, 4.69) is 57.2 Å². The van der Waals surface area contributed by atoms with E-state index in [9.17, 15) is 4.79 Å².